The van der Waals surface area contributed by atoms with Crippen LogP contribution in [0.5, 0.6) is 0 Å². The zero-order valence-electron chi connectivity index (χ0n) is 10.1. The first-order valence-corrected chi connectivity index (χ1v) is 7.11. The molecule has 0 aliphatic heterocycles. The fourth-order valence-electron chi connectivity index (χ4n) is 2.21. The quantitative estimate of drug-likeness (QED) is 0.684. The largest absolute Gasteiger partial charge is 0.368 e. The van der Waals surface area contributed by atoms with E-state index in [4.69, 9.17) is 4.74 Å². The lowest BCUT2D eigenvalue weighted by Crippen LogP contribution is -2.41. The van der Waals surface area contributed by atoms with Crippen LogP contribution in [0, 0.1) is 5.92 Å². The van der Waals surface area contributed by atoms with Gasteiger partial charge in [0.1, 0.15) is 6.61 Å². The van der Waals surface area contributed by atoms with Crippen LogP contribution in [0.2, 0.25) is 0 Å². The minimum atomic E-state index is -2.73. The second-order valence-corrected chi connectivity index (χ2v) is 5.59. The predicted molar refractivity (Wildman–Crippen MR) is 65.3 cm³/mol. The third-order valence-electron chi connectivity index (χ3n) is 3.47. The lowest BCUT2D eigenvalue weighted by atomic mass is 9.78. The van der Waals surface area contributed by atoms with E-state index in [1.54, 1.807) is 0 Å². The molecule has 0 N–H and O–H groups in total. The third-order valence-corrected chi connectivity index (χ3v) is 4.49. The maximum atomic E-state index is 12.8. The van der Waals surface area contributed by atoms with Gasteiger partial charge in [-0.25, -0.2) is 8.78 Å². The molecule has 4 heteroatoms. The van der Waals surface area contributed by atoms with Gasteiger partial charge in [-0.2, -0.15) is 0 Å². The second-order valence-electron chi connectivity index (χ2n) is 5.03. The summed E-state index contributed by atoms with van der Waals surface area (Å²) in [5.41, 5.74) is -0.356. The van der Waals surface area contributed by atoms with Crippen molar-refractivity contribution in [2.75, 3.05) is 11.9 Å². The predicted octanol–water partition coefficient (Wildman–Crippen LogP) is 4.39. The highest BCUT2D eigenvalue weighted by Crippen LogP contribution is 2.38. The van der Waals surface area contributed by atoms with E-state index >= 15 is 0 Å². The van der Waals surface area contributed by atoms with Crippen molar-refractivity contribution < 1.29 is 13.5 Å². The van der Waals surface area contributed by atoms with E-state index in [0.717, 1.165) is 38.5 Å². The van der Waals surface area contributed by atoms with Crippen LogP contribution in [0.15, 0.2) is 0 Å². The molecule has 1 aliphatic rings. The highest BCUT2D eigenvalue weighted by atomic mass is 79.9. The van der Waals surface area contributed by atoms with Crippen LogP contribution < -0.4 is 0 Å². The number of hydrogen-bond acceptors (Lipinski definition) is 1. The van der Waals surface area contributed by atoms with Gasteiger partial charge in [0, 0.05) is 12.3 Å². The molecule has 0 amide bonds. The fraction of sp³-hybridized carbons (Fsp3) is 1.00. The van der Waals surface area contributed by atoms with Crippen LogP contribution in [-0.2, 0) is 4.74 Å². The molecule has 96 valence electrons. The van der Waals surface area contributed by atoms with Gasteiger partial charge in [-0.1, -0.05) is 29.3 Å². The van der Waals surface area contributed by atoms with Crippen molar-refractivity contribution in [2.45, 2.75) is 57.5 Å². The molecule has 0 radical (unpaired) electrons. The van der Waals surface area contributed by atoms with Crippen molar-refractivity contribution >= 4 is 15.9 Å². The summed E-state index contributed by atoms with van der Waals surface area (Å²) in [4.78, 5) is 0. The molecule has 0 heterocycles. The maximum Gasteiger partial charge on any atom is 0.268 e. The van der Waals surface area contributed by atoms with E-state index in [1.165, 1.54) is 6.42 Å². The van der Waals surface area contributed by atoms with Gasteiger partial charge >= 0.3 is 0 Å². The summed E-state index contributed by atoms with van der Waals surface area (Å²) in [6, 6.07) is 0. The summed E-state index contributed by atoms with van der Waals surface area (Å²) in [5, 5.41) is 0.659. The lowest BCUT2D eigenvalue weighted by molar-refractivity contribution is -0.136. The number of alkyl halides is 3. The van der Waals surface area contributed by atoms with Gasteiger partial charge in [0.05, 0.1) is 5.60 Å². The summed E-state index contributed by atoms with van der Waals surface area (Å²) in [6.45, 7) is 2.63. The molecular weight excluding hydrogens is 278 g/mol. The van der Waals surface area contributed by atoms with Gasteiger partial charge in [0.15, 0.2) is 0 Å². The van der Waals surface area contributed by atoms with Crippen molar-refractivity contribution in [1.29, 1.82) is 0 Å². The average molecular weight is 299 g/mol. The average Bonchev–Trinajstić information content (AvgIpc) is 2.26. The van der Waals surface area contributed by atoms with E-state index in [2.05, 4.69) is 22.9 Å². The van der Waals surface area contributed by atoms with Crippen molar-refractivity contribution in [1.82, 2.24) is 0 Å². The minimum absolute atomic E-state index is 0.356. The molecule has 1 rings (SSSR count). The summed E-state index contributed by atoms with van der Waals surface area (Å²) < 4.78 is 31.1. The highest BCUT2D eigenvalue weighted by Gasteiger charge is 2.37. The molecule has 0 spiro atoms. The van der Waals surface area contributed by atoms with Gasteiger partial charge in [-0.3, -0.25) is 0 Å². The van der Waals surface area contributed by atoms with Crippen molar-refractivity contribution in [2.24, 2.45) is 5.92 Å². The Hall–Kier alpha value is 0.300. The van der Waals surface area contributed by atoms with Gasteiger partial charge in [-0.15, -0.1) is 0 Å². The Morgan fingerprint density at radius 1 is 1.38 bits per heavy atom. The van der Waals surface area contributed by atoms with Crippen molar-refractivity contribution in [3.05, 3.63) is 0 Å². The Labute approximate surface area is 105 Å². The number of halogens is 3. The zero-order valence-corrected chi connectivity index (χ0v) is 11.7. The zero-order chi connectivity index (χ0) is 12.2. The van der Waals surface area contributed by atoms with E-state index in [1.807, 2.05) is 0 Å². The minimum Gasteiger partial charge on any atom is -0.368 e. The number of ether oxygens (including phenoxy) is 1. The summed E-state index contributed by atoms with van der Waals surface area (Å²) in [7, 11) is 0. The van der Waals surface area contributed by atoms with E-state index in [9.17, 15) is 8.78 Å². The Morgan fingerprint density at radius 3 is 2.31 bits per heavy atom. The molecule has 1 fully saturated rings. The van der Waals surface area contributed by atoms with Crippen LogP contribution in [0.1, 0.15) is 46.0 Å². The molecule has 0 atom stereocenters. The monoisotopic (exact) mass is 298 g/mol. The standard InChI is InChI=1S/C12H21BrF2O/c1-3-10-4-6-12(8-13,7-5-10)16-9-11(2,14)15/h10H,3-9H2,1-2H3. The Bertz CT molecular complexity index is 208. The van der Waals surface area contributed by atoms with Gasteiger partial charge in [-0.05, 0) is 31.6 Å². The molecule has 1 saturated carbocycles. The van der Waals surface area contributed by atoms with Crippen LogP contribution in [-0.4, -0.2) is 23.5 Å². The molecule has 16 heavy (non-hydrogen) atoms. The lowest BCUT2D eigenvalue weighted by Gasteiger charge is -2.39. The molecule has 1 aliphatic carbocycles. The molecule has 0 aromatic carbocycles. The molecule has 1 nitrogen and oxygen atoms in total. The molecule has 0 saturated heterocycles. The molecule has 0 unspecified atom stereocenters. The van der Waals surface area contributed by atoms with Crippen LogP contribution in [0.25, 0.3) is 0 Å². The van der Waals surface area contributed by atoms with Crippen LogP contribution in [0.3, 0.4) is 0 Å². The van der Waals surface area contributed by atoms with E-state index in [0.29, 0.717) is 5.33 Å². The number of hydrogen-bond donors (Lipinski definition) is 0. The van der Waals surface area contributed by atoms with Crippen molar-refractivity contribution in [3.8, 4) is 0 Å². The van der Waals surface area contributed by atoms with E-state index in [-0.39, 0.29) is 5.60 Å². The smallest absolute Gasteiger partial charge is 0.268 e. The molecule has 0 aromatic heterocycles. The Balaban J connectivity index is 2.46. The van der Waals surface area contributed by atoms with E-state index < -0.39 is 12.5 Å². The fourth-order valence-corrected chi connectivity index (χ4v) is 2.93. The second kappa shape index (κ2) is 5.76. The number of rotatable bonds is 5. The summed E-state index contributed by atoms with van der Waals surface area (Å²) >= 11 is 3.41. The summed E-state index contributed by atoms with van der Waals surface area (Å²) in [5.74, 6) is -1.98. The Morgan fingerprint density at radius 2 is 1.94 bits per heavy atom. The molecule has 0 bridgehead atoms. The third kappa shape index (κ3) is 4.28. The van der Waals surface area contributed by atoms with Crippen molar-refractivity contribution in [3.63, 3.8) is 0 Å². The normalized spacial score (nSPS) is 31.7. The maximum absolute atomic E-state index is 12.8. The highest BCUT2D eigenvalue weighted by molar-refractivity contribution is 9.09. The van der Waals surface area contributed by atoms with Gasteiger partial charge < -0.3 is 4.74 Å². The summed E-state index contributed by atoms with van der Waals surface area (Å²) in [6.07, 6.45) is 5.16. The first-order valence-electron chi connectivity index (χ1n) is 5.98. The first kappa shape index (κ1) is 14.4. The molecular formula is C12H21BrF2O. The Kier molecular flexibility index (Phi) is 5.17. The van der Waals surface area contributed by atoms with Gasteiger partial charge in [0.2, 0.25) is 0 Å². The topological polar surface area (TPSA) is 9.23 Å². The molecule has 0 aromatic rings. The first-order chi connectivity index (χ1) is 7.41. The van der Waals surface area contributed by atoms with Crippen LogP contribution in [0.4, 0.5) is 8.78 Å². The van der Waals surface area contributed by atoms with Crippen LogP contribution >= 0.6 is 15.9 Å². The van der Waals surface area contributed by atoms with Gasteiger partial charge in [0.25, 0.3) is 5.92 Å². The SMILES string of the molecule is CCC1CCC(CBr)(OCC(C)(F)F)CC1.